The Labute approximate surface area is 130 Å². The average Bonchev–Trinajstić information content (AvgIpc) is 2.44. The van der Waals surface area contributed by atoms with E-state index in [0.29, 0.717) is 35.8 Å². The monoisotopic (exact) mass is 357 g/mol. The van der Waals surface area contributed by atoms with E-state index in [-0.39, 0.29) is 17.7 Å². The first-order valence-electron chi connectivity index (χ1n) is 6.87. The molecule has 1 saturated carbocycles. The van der Waals surface area contributed by atoms with Crippen LogP contribution in [0.3, 0.4) is 0 Å². The highest BCUT2D eigenvalue weighted by Crippen LogP contribution is 2.31. The largest absolute Gasteiger partial charge is 0.481 e. The number of halogens is 2. The molecule has 0 aliphatic heterocycles. The molecule has 0 atom stereocenters. The van der Waals surface area contributed by atoms with Crippen LogP contribution in [0, 0.1) is 24.6 Å². The molecule has 1 aromatic carbocycles. The molecule has 114 valence electrons. The summed E-state index contributed by atoms with van der Waals surface area (Å²) < 4.78 is 13.9. The van der Waals surface area contributed by atoms with Gasteiger partial charge in [0.1, 0.15) is 5.82 Å². The Balaban J connectivity index is 2.00. The smallest absolute Gasteiger partial charge is 0.306 e. The zero-order chi connectivity index (χ0) is 15.6. The molecule has 6 heteroatoms. The minimum atomic E-state index is -0.792. The molecule has 1 aliphatic carbocycles. The van der Waals surface area contributed by atoms with E-state index >= 15 is 0 Å². The summed E-state index contributed by atoms with van der Waals surface area (Å²) in [7, 11) is 0. The lowest BCUT2D eigenvalue weighted by Gasteiger charge is -2.25. The first-order valence-corrected chi connectivity index (χ1v) is 7.67. The summed E-state index contributed by atoms with van der Waals surface area (Å²) in [5, 5.41) is 11.7. The summed E-state index contributed by atoms with van der Waals surface area (Å²) in [6, 6.07) is 2.91. The Hall–Kier alpha value is -1.43. The highest BCUT2D eigenvalue weighted by Gasteiger charge is 2.29. The van der Waals surface area contributed by atoms with Crippen LogP contribution in [0.15, 0.2) is 16.6 Å². The number of aliphatic carboxylic acids is 1. The lowest BCUT2D eigenvalue weighted by atomic mass is 9.81. The van der Waals surface area contributed by atoms with E-state index < -0.39 is 11.8 Å². The van der Waals surface area contributed by atoms with Gasteiger partial charge in [-0.1, -0.05) is 0 Å². The van der Waals surface area contributed by atoms with E-state index in [9.17, 15) is 14.0 Å². The van der Waals surface area contributed by atoms with Gasteiger partial charge in [-0.15, -0.1) is 0 Å². The Morgan fingerprint density at radius 1 is 1.24 bits per heavy atom. The molecule has 0 aromatic heterocycles. The minimum absolute atomic E-state index is 0.163. The number of amides is 1. The predicted molar refractivity (Wildman–Crippen MR) is 80.6 cm³/mol. The summed E-state index contributed by atoms with van der Waals surface area (Å²) in [5.74, 6) is -1.93. The van der Waals surface area contributed by atoms with Crippen molar-refractivity contribution in [3.8, 4) is 0 Å². The maximum atomic E-state index is 13.5. The summed E-state index contributed by atoms with van der Waals surface area (Å²) in [4.78, 5) is 23.1. The molecule has 1 amide bonds. The third-order valence-electron chi connectivity index (χ3n) is 3.97. The summed E-state index contributed by atoms with van der Waals surface area (Å²) in [6.45, 7) is 1.79. The van der Waals surface area contributed by atoms with Crippen molar-refractivity contribution in [3.05, 3.63) is 28.0 Å². The van der Waals surface area contributed by atoms with E-state index in [0.717, 1.165) is 5.56 Å². The van der Waals surface area contributed by atoms with Crippen molar-refractivity contribution < 1.29 is 19.1 Å². The Bertz CT molecular complexity index is 568. The van der Waals surface area contributed by atoms with Gasteiger partial charge in [-0.25, -0.2) is 4.39 Å². The zero-order valence-electron chi connectivity index (χ0n) is 11.7. The fraction of sp³-hybridized carbons (Fsp3) is 0.467. The van der Waals surface area contributed by atoms with Crippen molar-refractivity contribution in [1.82, 2.24) is 0 Å². The minimum Gasteiger partial charge on any atom is -0.481 e. The summed E-state index contributed by atoms with van der Waals surface area (Å²) in [6.07, 6.45) is 2.14. The number of nitrogens with one attached hydrogen (secondary N) is 1. The first-order chi connectivity index (χ1) is 9.88. The van der Waals surface area contributed by atoms with E-state index in [1.54, 1.807) is 13.0 Å². The van der Waals surface area contributed by atoms with Crippen molar-refractivity contribution in [1.29, 1.82) is 0 Å². The molecule has 4 nitrogen and oxygen atoms in total. The molecule has 1 aromatic rings. The lowest BCUT2D eigenvalue weighted by Crippen LogP contribution is -2.29. The molecule has 0 spiro atoms. The number of carbonyl (C=O) groups is 2. The standard InChI is InChI=1S/C15H17BrFNO3/c1-8-6-11(16)12(17)7-13(8)18-14(19)9-2-4-10(5-3-9)15(20)21/h6-7,9-10H,2-5H2,1H3,(H,18,19)(H,20,21). The van der Waals surface area contributed by atoms with Crippen molar-refractivity contribution in [2.24, 2.45) is 11.8 Å². The molecular weight excluding hydrogens is 341 g/mol. The summed E-state index contributed by atoms with van der Waals surface area (Å²) in [5.41, 5.74) is 1.23. The van der Waals surface area contributed by atoms with Gasteiger partial charge in [-0.2, -0.15) is 0 Å². The number of carboxylic acids is 1. The van der Waals surface area contributed by atoms with Crippen LogP contribution in [0.1, 0.15) is 31.2 Å². The molecule has 0 unspecified atom stereocenters. The molecule has 0 heterocycles. The third-order valence-corrected chi connectivity index (χ3v) is 4.58. The van der Waals surface area contributed by atoms with Crippen molar-refractivity contribution in [3.63, 3.8) is 0 Å². The Morgan fingerprint density at radius 2 is 1.81 bits per heavy atom. The second-order valence-electron chi connectivity index (χ2n) is 5.46. The maximum absolute atomic E-state index is 13.5. The van der Waals surface area contributed by atoms with Crippen molar-refractivity contribution in [2.75, 3.05) is 5.32 Å². The Morgan fingerprint density at radius 3 is 2.38 bits per heavy atom. The fourth-order valence-electron chi connectivity index (χ4n) is 2.62. The fourth-order valence-corrected chi connectivity index (χ4v) is 3.08. The molecule has 1 fully saturated rings. The normalized spacial score (nSPS) is 21.9. The third kappa shape index (κ3) is 3.81. The summed E-state index contributed by atoms with van der Waals surface area (Å²) >= 11 is 3.10. The van der Waals surface area contributed by atoms with Crippen molar-refractivity contribution in [2.45, 2.75) is 32.6 Å². The van der Waals surface area contributed by atoms with Gasteiger partial charge in [0.2, 0.25) is 5.91 Å². The second-order valence-corrected chi connectivity index (χ2v) is 6.31. The molecule has 0 radical (unpaired) electrons. The van der Waals surface area contributed by atoms with Gasteiger partial charge < -0.3 is 10.4 Å². The van der Waals surface area contributed by atoms with Gasteiger partial charge in [0, 0.05) is 11.6 Å². The molecule has 2 rings (SSSR count). The second kappa shape index (κ2) is 6.56. The number of benzene rings is 1. The van der Waals surface area contributed by atoms with Gasteiger partial charge in [0.25, 0.3) is 0 Å². The molecular formula is C15H17BrFNO3. The number of carboxylic acid groups (broad SMARTS) is 1. The van der Waals surface area contributed by atoms with Gasteiger partial charge >= 0.3 is 5.97 Å². The van der Waals surface area contributed by atoms with Crippen LogP contribution in [0.5, 0.6) is 0 Å². The van der Waals surface area contributed by atoms with Crippen LogP contribution in [0.4, 0.5) is 10.1 Å². The van der Waals surface area contributed by atoms with Crippen LogP contribution in [0.25, 0.3) is 0 Å². The number of aryl methyl sites for hydroxylation is 1. The van der Waals surface area contributed by atoms with Crippen molar-refractivity contribution >= 4 is 33.5 Å². The zero-order valence-corrected chi connectivity index (χ0v) is 13.2. The van der Waals surface area contributed by atoms with Crippen LogP contribution in [-0.4, -0.2) is 17.0 Å². The topological polar surface area (TPSA) is 66.4 Å². The predicted octanol–water partition coefficient (Wildman–Crippen LogP) is 3.73. The maximum Gasteiger partial charge on any atom is 0.306 e. The van der Waals surface area contributed by atoms with E-state index in [1.165, 1.54) is 6.07 Å². The molecule has 1 aliphatic rings. The van der Waals surface area contributed by atoms with E-state index in [1.807, 2.05) is 0 Å². The van der Waals surface area contributed by atoms with Crippen LogP contribution < -0.4 is 5.32 Å². The number of hydrogen-bond acceptors (Lipinski definition) is 2. The quantitative estimate of drug-likeness (QED) is 0.865. The average molecular weight is 358 g/mol. The van der Waals surface area contributed by atoms with Gasteiger partial charge in [-0.05, 0) is 66.2 Å². The number of anilines is 1. The number of carbonyl (C=O) groups excluding carboxylic acids is 1. The van der Waals surface area contributed by atoms with E-state index in [4.69, 9.17) is 5.11 Å². The number of hydrogen-bond donors (Lipinski definition) is 2. The molecule has 21 heavy (non-hydrogen) atoms. The highest BCUT2D eigenvalue weighted by atomic mass is 79.9. The molecule has 0 bridgehead atoms. The number of rotatable bonds is 3. The van der Waals surface area contributed by atoms with Crippen LogP contribution in [-0.2, 0) is 9.59 Å². The molecule has 2 N–H and O–H groups in total. The molecule has 0 saturated heterocycles. The Kier molecular flexibility index (Phi) is 4.98. The highest BCUT2D eigenvalue weighted by molar-refractivity contribution is 9.10. The first kappa shape index (κ1) is 15.9. The van der Waals surface area contributed by atoms with Gasteiger partial charge in [0.05, 0.1) is 10.4 Å². The van der Waals surface area contributed by atoms with Gasteiger partial charge in [-0.3, -0.25) is 9.59 Å². The van der Waals surface area contributed by atoms with Gasteiger partial charge in [0.15, 0.2) is 0 Å². The van der Waals surface area contributed by atoms with Crippen LogP contribution >= 0.6 is 15.9 Å². The SMILES string of the molecule is Cc1cc(Br)c(F)cc1NC(=O)C1CCC(C(=O)O)CC1. The van der Waals surface area contributed by atoms with Crippen LogP contribution in [0.2, 0.25) is 0 Å². The lowest BCUT2D eigenvalue weighted by molar-refractivity contribution is -0.143. The van der Waals surface area contributed by atoms with E-state index in [2.05, 4.69) is 21.2 Å².